The molecular weight excluding hydrogens is 270 g/mol. The summed E-state index contributed by atoms with van der Waals surface area (Å²) in [6.07, 6.45) is 1.55. The van der Waals surface area contributed by atoms with Crippen LogP contribution in [-0.2, 0) is 0 Å². The van der Waals surface area contributed by atoms with Crippen LogP contribution in [0.4, 0.5) is 11.5 Å². The fourth-order valence-corrected chi connectivity index (χ4v) is 3.15. The van der Waals surface area contributed by atoms with Crippen molar-refractivity contribution in [2.75, 3.05) is 5.32 Å². The molecule has 0 saturated carbocycles. The highest BCUT2D eigenvalue weighted by Crippen LogP contribution is 2.35. The van der Waals surface area contributed by atoms with E-state index in [2.05, 4.69) is 29.1 Å². The third-order valence-corrected chi connectivity index (χ3v) is 4.49. The minimum atomic E-state index is 0.223. The maximum atomic E-state index is 10.00. The summed E-state index contributed by atoms with van der Waals surface area (Å²) in [4.78, 5) is 10.8. The first-order valence-corrected chi connectivity index (χ1v) is 7.15. The van der Waals surface area contributed by atoms with Crippen LogP contribution in [0, 0.1) is 20.8 Å². The Hall–Kier alpha value is -2.14. The van der Waals surface area contributed by atoms with E-state index in [-0.39, 0.29) is 5.75 Å². The third kappa shape index (κ3) is 2.10. The van der Waals surface area contributed by atoms with E-state index < -0.39 is 0 Å². The number of hydrogen-bond donors (Lipinski definition) is 2. The summed E-state index contributed by atoms with van der Waals surface area (Å²) in [7, 11) is 0. The Kier molecular flexibility index (Phi) is 3.06. The molecule has 0 spiro atoms. The zero-order valence-electron chi connectivity index (χ0n) is 11.6. The lowest BCUT2D eigenvalue weighted by Crippen LogP contribution is -1.96. The van der Waals surface area contributed by atoms with Gasteiger partial charge in [0.2, 0.25) is 0 Å². The molecule has 102 valence electrons. The number of phenolic OH excluding ortho intramolecular Hbond substituents is 1. The van der Waals surface area contributed by atoms with E-state index in [1.54, 1.807) is 23.7 Å². The fourth-order valence-electron chi connectivity index (χ4n) is 2.15. The number of hydrogen-bond acceptors (Lipinski definition) is 5. The third-order valence-electron chi connectivity index (χ3n) is 3.37. The van der Waals surface area contributed by atoms with Crippen LogP contribution in [0.1, 0.15) is 16.0 Å². The molecule has 0 radical (unpaired) electrons. The molecule has 0 aliphatic carbocycles. The van der Waals surface area contributed by atoms with Crippen molar-refractivity contribution in [1.29, 1.82) is 0 Å². The van der Waals surface area contributed by atoms with Gasteiger partial charge in [0.05, 0.1) is 11.1 Å². The monoisotopic (exact) mass is 285 g/mol. The predicted molar refractivity (Wildman–Crippen MR) is 83.0 cm³/mol. The second-order valence-corrected chi connectivity index (χ2v) is 6.03. The normalized spacial score (nSPS) is 10.9. The van der Waals surface area contributed by atoms with Gasteiger partial charge in [0.15, 0.2) is 0 Å². The molecule has 0 amide bonds. The summed E-state index contributed by atoms with van der Waals surface area (Å²) < 4.78 is 0. The van der Waals surface area contributed by atoms with Gasteiger partial charge >= 0.3 is 0 Å². The maximum absolute atomic E-state index is 10.00. The van der Waals surface area contributed by atoms with Crippen LogP contribution in [0.15, 0.2) is 24.5 Å². The minimum Gasteiger partial charge on any atom is -0.506 e. The molecule has 0 saturated heterocycles. The Balaban J connectivity index is 2.11. The summed E-state index contributed by atoms with van der Waals surface area (Å²) in [6, 6.07) is 5.53. The van der Waals surface area contributed by atoms with Crippen molar-refractivity contribution in [2.45, 2.75) is 20.8 Å². The molecule has 2 heterocycles. The molecule has 20 heavy (non-hydrogen) atoms. The first-order valence-electron chi connectivity index (χ1n) is 6.33. The van der Waals surface area contributed by atoms with Gasteiger partial charge in [-0.2, -0.15) is 0 Å². The molecular formula is C15H15N3OS. The molecule has 2 N–H and O–H groups in total. The van der Waals surface area contributed by atoms with E-state index in [4.69, 9.17) is 0 Å². The molecule has 0 bridgehead atoms. The van der Waals surface area contributed by atoms with Gasteiger partial charge in [-0.05, 0) is 44.0 Å². The summed E-state index contributed by atoms with van der Waals surface area (Å²) in [5.74, 6) is 0.956. The number of aromatic nitrogens is 2. The first kappa shape index (κ1) is 12.9. The Bertz CT molecular complexity index is 795. The van der Waals surface area contributed by atoms with E-state index in [0.717, 1.165) is 21.6 Å². The largest absolute Gasteiger partial charge is 0.506 e. The smallest absolute Gasteiger partial charge is 0.142 e. The number of anilines is 2. The lowest BCUT2D eigenvalue weighted by atomic mass is 10.2. The van der Waals surface area contributed by atoms with E-state index in [1.807, 2.05) is 19.1 Å². The quantitative estimate of drug-likeness (QED) is 0.697. The Morgan fingerprint density at radius 1 is 1.15 bits per heavy atom. The number of nitrogens with zero attached hydrogens (tertiary/aromatic N) is 2. The number of phenols is 1. The topological polar surface area (TPSA) is 58.0 Å². The van der Waals surface area contributed by atoms with Gasteiger partial charge in [0.25, 0.3) is 0 Å². The zero-order chi connectivity index (χ0) is 14.3. The van der Waals surface area contributed by atoms with E-state index >= 15 is 0 Å². The van der Waals surface area contributed by atoms with Crippen molar-refractivity contribution in [3.05, 3.63) is 40.5 Å². The molecule has 0 aliphatic heterocycles. The van der Waals surface area contributed by atoms with E-state index in [1.165, 1.54) is 10.4 Å². The SMILES string of the molecule is Cc1ccc(Nc2ncnc3sc(C)c(C)c23)c(O)c1. The van der Waals surface area contributed by atoms with Crippen molar-refractivity contribution < 1.29 is 5.11 Å². The lowest BCUT2D eigenvalue weighted by molar-refractivity contribution is 0.477. The maximum Gasteiger partial charge on any atom is 0.142 e. The van der Waals surface area contributed by atoms with Crippen molar-refractivity contribution in [3.63, 3.8) is 0 Å². The van der Waals surface area contributed by atoms with Crippen molar-refractivity contribution in [3.8, 4) is 5.75 Å². The number of benzene rings is 1. The Labute approximate surface area is 121 Å². The lowest BCUT2D eigenvalue weighted by Gasteiger charge is -2.09. The second-order valence-electron chi connectivity index (χ2n) is 4.83. The second kappa shape index (κ2) is 4.76. The van der Waals surface area contributed by atoms with Gasteiger partial charge in [-0.25, -0.2) is 9.97 Å². The molecule has 5 heteroatoms. The van der Waals surface area contributed by atoms with Crippen LogP contribution in [-0.4, -0.2) is 15.1 Å². The van der Waals surface area contributed by atoms with Crippen LogP contribution in [0.3, 0.4) is 0 Å². The van der Waals surface area contributed by atoms with Crippen molar-refractivity contribution >= 4 is 33.1 Å². The molecule has 1 aromatic carbocycles. The first-order chi connectivity index (χ1) is 9.56. The van der Waals surface area contributed by atoms with Gasteiger partial charge in [-0.15, -0.1) is 11.3 Å². The minimum absolute atomic E-state index is 0.223. The van der Waals surface area contributed by atoms with Gasteiger partial charge in [-0.3, -0.25) is 0 Å². The van der Waals surface area contributed by atoms with Crippen molar-refractivity contribution in [1.82, 2.24) is 9.97 Å². The van der Waals surface area contributed by atoms with Crippen LogP contribution < -0.4 is 5.32 Å². The van der Waals surface area contributed by atoms with E-state index in [9.17, 15) is 5.11 Å². The summed E-state index contributed by atoms with van der Waals surface area (Å²) in [5.41, 5.74) is 2.85. The van der Waals surface area contributed by atoms with Gasteiger partial charge in [0, 0.05) is 4.88 Å². The molecule has 3 aromatic rings. The number of nitrogens with one attached hydrogen (secondary N) is 1. The van der Waals surface area contributed by atoms with Gasteiger partial charge in [-0.1, -0.05) is 6.07 Å². The number of fused-ring (bicyclic) bond motifs is 1. The molecule has 4 nitrogen and oxygen atoms in total. The molecule has 2 aromatic heterocycles. The van der Waals surface area contributed by atoms with Crippen LogP contribution in [0.25, 0.3) is 10.2 Å². The van der Waals surface area contributed by atoms with Crippen molar-refractivity contribution in [2.24, 2.45) is 0 Å². The molecule has 0 unspecified atom stereocenters. The summed E-state index contributed by atoms with van der Waals surface area (Å²) in [5, 5.41) is 14.2. The summed E-state index contributed by atoms with van der Waals surface area (Å²) in [6.45, 7) is 6.09. The number of thiophene rings is 1. The molecule has 0 aliphatic rings. The number of rotatable bonds is 2. The Morgan fingerprint density at radius 2 is 1.95 bits per heavy atom. The van der Waals surface area contributed by atoms with Crippen LogP contribution in [0.5, 0.6) is 5.75 Å². The predicted octanol–water partition coefficient (Wildman–Crippen LogP) is 4.07. The Morgan fingerprint density at radius 3 is 2.70 bits per heavy atom. The standard InChI is InChI=1S/C15H15N3OS/c1-8-4-5-11(12(19)6-8)18-14-13-9(2)10(3)20-15(13)17-7-16-14/h4-7,19H,1-3H3,(H,16,17,18). The molecule has 3 rings (SSSR count). The highest BCUT2D eigenvalue weighted by Gasteiger charge is 2.13. The molecule has 0 fully saturated rings. The number of aromatic hydroxyl groups is 1. The average Bonchev–Trinajstić information content (AvgIpc) is 2.69. The average molecular weight is 285 g/mol. The fraction of sp³-hybridized carbons (Fsp3) is 0.200. The highest BCUT2D eigenvalue weighted by atomic mass is 32.1. The molecule has 0 atom stereocenters. The highest BCUT2D eigenvalue weighted by molar-refractivity contribution is 7.18. The summed E-state index contributed by atoms with van der Waals surface area (Å²) >= 11 is 1.66. The van der Waals surface area contributed by atoms with E-state index in [0.29, 0.717) is 5.69 Å². The van der Waals surface area contributed by atoms with Crippen LogP contribution in [0.2, 0.25) is 0 Å². The zero-order valence-corrected chi connectivity index (χ0v) is 12.4. The van der Waals surface area contributed by atoms with Gasteiger partial charge < -0.3 is 10.4 Å². The van der Waals surface area contributed by atoms with Crippen LogP contribution >= 0.6 is 11.3 Å². The van der Waals surface area contributed by atoms with Gasteiger partial charge in [0.1, 0.15) is 22.7 Å². The number of aryl methyl sites for hydroxylation is 3.